The van der Waals surface area contributed by atoms with Crippen molar-refractivity contribution in [2.24, 2.45) is 0 Å². The molecule has 0 radical (unpaired) electrons. The maximum Gasteiger partial charge on any atom is 0.0871 e. The minimum atomic E-state index is -0.745. The summed E-state index contributed by atoms with van der Waals surface area (Å²) in [6, 6.07) is 16.8. The van der Waals surface area contributed by atoms with Crippen LogP contribution in [0.1, 0.15) is 42.0 Å². The summed E-state index contributed by atoms with van der Waals surface area (Å²) < 4.78 is 0. The third kappa shape index (κ3) is 3.71. The molecule has 1 nitrogen and oxygen atoms in total. The second-order valence-electron chi connectivity index (χ2n) is 5.93. The SMILES string of the molecule is Cc1ccc(C)c(C(C)(O)CCCc2ccccc2)c1. The van der Waals surface area contributed by atoms with Crippen molar-refractivity contribution >= 4 is 0 Å². The molecule has 0 spiro atoms. The number of hydrogen-bond donors (Lipinski definition) is 1. The highest BCUT2D eigenvalue weighted by atomic mass is 16.3. The van der Waals surface area contributed by atoms with Crippen molar-refractivity contribution in [1.82, 2.24) is 0 Å². The molecule has 0 aliphatic rings. The lowest BCUT2D eigenvalue weighted by molar-refractivity contribution is 0.0450. The Hall–Kier alpha value is -1.60. The van der Waals surface area contributed by atoms with Gasteiger partial charge in [-0.25, -0.2) is 0 Å². The van der Waals surface area contributed by atoms with E-state index in [-0.39, 0.29) is 0 Å². The summed E-state index contributed by atoms with van der Waals surface area (Å²) >= 11 is 0. The quantitative estimate of drug-likeness (QED) is 0.844. The van der Waals surface area contributed by atoms with Crippen LogP contribution in [0.4, 0.5) is 0 Å². The third-order valence-electron chi connectivity index (χ3n) is 3.95. The van der Waals surface area contributed by atoms with E-state index in [1.807, 2.05) is 13.0 Å². The van der Waals surface area contributed by atoms with Crippen LogP contribution in [0, 0.1) is 13.8 Å². The Morgan fingerprint density at radius 2 is 1.70 bits per heavy atom. The van der Waals surface area contributed by atoms with Gasteiger partial charge in [-0.15, -0.1) is 0 Å². The number of rotatable bonds is 5. The molecule has 0 aliphatic carbocycles. The molecule has 0 saturated heterocycles. The Kier molecular flexibility index (Phi) is 4.61. The Morgan fingerprint density at radius 1 is 1.00 bits per heavy atom. The van der Waals surface area contributed by atoms with Crippen molar-refractivity contribution in [3.8, 4) is 0 Å². The smallest absolute Gasteiger partial charge is 0.0871 e. The maximum atomic E-state index is 10.8. The highest BCUT2D eigenvalue weighted by Crippen LogP contribution is 2.30. The van der Waals surface area contributed by atoms with Crippen LogP contribution in [0.5, 0.6) is 0 Å². The summed E-state index contributed by atoms with van der Waals surface area (Å²) in [7, 11) is 0. The first-order valence-corrected chi connectivity index (χ1v) is 7.33. The fourth-order valence-electron chi connectivity index (χ4n) is 2.73. The molecular formula is C19H24O. The van der Waals surface area contributed by atoms with Gasteiger partial charge >= 0.3 is 0 Å². The first-order valence-electron chi connectivity index (χ1n) is 7.33. The van der Waals surface area contributed by atoms with Crippen LogP contribution in [-0.4, -0.2) is 5.11 Å². The van der Waals surface area contributed by atoms with Crippen molar-refractivity contribution in [2.45, 2.75) is 45.6 Å². The van der Waals surface area contributed by atoms with Crippen molar-refractivity contribution in [3.63, 3.8) is 0 Å². The summed E-state index contributed by atoms with van der Waals surface area (Å²) in [6.07, 6.45) is 2.79. The molecule has 1 N–H and O–H groups in total. The van der Waals surface area contributed by atoms with E-state index < -0.39 is 5.60 Å². The predicted octanol–water partition coefficient (Wildman–Crippen LogP) is 4.53. The minimum absolute atomic E-state index is 0.745. The molecule has 1 unspecified atom stereocenters. The van der Waals surface area contributed by atoms with E-state index in [0.29, 0.717) is 0 Å². The first kappa shape index (κ1) is 14.8. The highest BCUT2D eigenvalue weighted by molar-refractivity contribution is 5.34. The van der Waals surface area contributed by atoms with E-state index in [1.54, 1.807) is 0 Å². The van der Waals surface area contributed by atoms with E-state index in [0.717, 1.165) is 24.8 Å². The minimum Gasteiger partial charge on any atom is -0.385 e. The molecule has 1 atom stereocenters. The van der Waals surface area contributed by atoms with Gasteiger partial charge in [0.15, 0.2) is 0 Å². The van der Waals surface area contributed by atoms with Gasteiger partial charge in [-0.05, 0) is 56.7 Å². The van der Waals surface area contributed by atoms with Crippen molar-refractivity contribution < 1.29 is 5.11 Å². The molecule has 20 heavy (non-hydrogen) atoms. The Morgan fingerprint density at radius 3 is 2.40 bits per heavy atom. The maximum absolute atomic E-state index is 10.8. The van der Waals surface area contributed by atoms with Crippen LogP contribution in [-0.2, 0) is 12.0 Å². The van der Waals surface area contributed by atoms with Gasteiger partial charge in [0.25, 0.3) is 0 Å². The largest absolute Gasteiger partial charge is 0.385 e. The average molecular weight is 268 g/mol. The zero-order chi connectivity index (χ0) is 14.6. The lowest BCUT2D eigenvalue weighted by Gasteiger charge is -2.26. The van der Waals surface area contributed by atoms with E-state index in [2.05, 4.69) is 56.3 Å². The number of aliphatic hydroxyl groups is 1. The second-order valence-corrected chi connectivity index (χ2v) is 5.93. The molecule has 0 fully saturated rings. The van der Waals surface area contributed by atoms with E-state index in [4.69, 9.17) is 0 Å². The Balaban J connectivity index is 2.02. The van der Waals surface area contributed by atoms with Gasteiger partial charge in [-0.3, -0.25) is 0 Å². The first-order chi connectivity index (χ1) is 9.49. The van der Waals surface area contributed by atoms with Crippen LogP contribution < -0.4 is 0 Å². The third-order valence-corrected chi connectivity index (χ3v) is 3.95. The standard InChI is InChI=1S/C19H24O/c1-15-11-12-16(2)18(14-15)19(3,20)13-7-10-17-8-5-4-6-9-17/h4-6,8-9,11-12,14,20H,7,10,13H2,1-3H3. The summed E-state index contributed by atoms with van der Waals surface area (Å²) in [6.45, 7) is 6.07. The van der Waals surface area contributed by atoms with E-state index in [1.165, 1.54) is 16.7 Å². The normalized spacial score (nSPS) is 14.0. The molecule has 1 heteroatoms. The molecule has 0 aromatic heterocycles. The van der Waals surface area contributed by atoms with Crippen LogP contribution in [0.2, 0.25) is 0 Å². The molecule has 106 valence electrons. The molecule has 0 saturated carbocycles. The molecule has 0 heterocycles. The van der Waals surface area contributed by atoms with Crippen LogP contribution >= 0.6 is 0 Å². The molecular weight excluding hydrogens is 244 g/mol. The molecule has 0 aliphatic heterocycles. The summed E-state index contributed by atoms with van der Waals surface area (Å²) in [5, 5.41) is 10.8. The Labute approximate surface area is 122 Å². The van der Waals surface area contributed by atoms with Crippen LogP contribution in [0.25, 0.3) is 0 Å². The fraction of sp³-hybridized carbons (Fsp3) is 0.368. The molecule has 0 amide bonds. The lowest BCUT2D eigenvalue weighted by atomic mass is 9.86. The predicted molar refractivity (Wildman–Crippen MR) is 84.9 cm³/mol. The van der Waals surface area contributed by atoms with E-state index in [9.17, 15) is 5.11 Å². The average Bonchev–Trinajstić information content (AvgIpc) is 2.42. The van der Waals surface area contributed by atoms with Gasteiger partial charge in [0.1, 0.15) is 0 Å². The van der Waals surface area contributed by atoms with E-state index >= 15 is 0 Å². The number of hydrogen-bond acceptors (Lipinski definition) is 1. The zero-order valence-corrected chi connectivity index (χ0v) is 12.7. The molecule has 2 aromatic carbocycles. The monoisotopic (exact) mass is 268 g/mol. The summed E-state index contributed by atoms with van der Waals surface area (Å²) in [5.41, 5.74) is 4.02. The lowest BCUT2D eigenvalue weighted by Crippen LogP contribution is -2.22. The summed E-state index contributed by atoms with van der Waals surface area (Å²) in [5.74, 6) is 0. The van der Waals surface area contributed by atoms with Crippen molar-refractivity contribution in [2.75, 3.05) is 0 Å². The van der Waals surface area contributed by atoms with Gasteiger partial charge in [0, 0.05) is 0 Å². The van der Waals surface area contributed by atoms with Gasteiger partial charge in [0.05, 0.1) is 5.60 Å². The van der Waals surface area contributed by atoms with Gasteiger partial charge < -0.3 is 5.11 Å². The molecule has 0 bridgehead atoms. The molecule has 2 rings (SSSR count). The second kappa shape index (κ2) is 6.23. The fourth-order valence-corrected chi connectivity index (χ4v) is 2.73. The van der Waals surface area contributed by atoms with Gasteiger partial charge in [0.2, 0.25) is 0 Å². The number of benzene rings is 2. The van der Waals surface area contributed by atoms with Gasteiger partial charge in [-0.2, -0.15) is 0 Å². The topological polar surface area (TPSA) is 20.2 Å². The molecule has 2 aromatic rings. The zero-order valence-electron chi connectivity index (χ0n) is 12.7. The Bertz CT molecular complexity index is 555. The highest BCUT2D eigenvalue weighted by Gasteiger charge is 2.24. The summed E-state index contributed by atoms with van der Waals surface area (Å²) in [4.78, 5) is 0. The number of aryl methyl sites for hydroxylation is 3. The van der Waals surface area contributed by atoms with Crippen molar-refractivity contribution in [3.05, 3.63) is 70.8 Å². The van der Waals surface area contributed by atoms with Crippen molar-refractivity contribution in [1.29, 1.82) is 0 Å². The van der Waals surface area contributed by atoms with Crippen LogP contribution in [0.3, 0.4) is 0 Å². The van der Waals surface area contributed by atoms with Gasteiger partial charge in [-0.1, -0.05) is 54.1 Å². The van der Waals surface area contributed by atoms with Crippen LogP contribution in [0.15, 0.2) is 48.5 Å².